The zero-order valence-electron chi connectivity index (χ0n) is 11.0. The van der Waals surface area contributed by atoms with Crippen molar-refractivity contribution in [1.82, 2.24) is 9.97 Å². The van der Waals surface area contributed by atoms with Gasteiger partial charge >= 0.3 is 0 Å². The van der Waals surface area contributed by atoms with E-state index in [2.05, 4.69) is 9.97 Å². The van der Waals surface area contributed by atoms with Crippen molar-refractivity contribution >= 4 is 0 Å². The lowest BCUT2D eigenvalue weighted by Gasteiger charge is -2.19. The van der Waals surface area contributed by atoms with Gasteiger partial charge in [0.2, 0.25) is 5.88 Å². The quantitative estimate of drug-likeness (QED) is 0.848. The Bertz CT molecular complexity index is 446. The second-order valence-electron chi connectivity index (χ2n) is 5.15. The van der Waals surface area contributed by atoms with E-state index in [1.807, 2.05) is 6.92 Å². The fourth-order valence-corrected chi connectivity index (χ4v) is 2.74. The average Bonchev–Trinajstić information content (AvgIpc) is 2.27. The van der Waals surface area contributed by atoms with Crippen LogP contribution in [0.1, 0.15) is 69.2 Å². The van der Waals surface area contributed by atoms with Crippen molar-refractivity contribution in [3.8, 4) is 5.88 Å². The Morgan fingerprint density at radius 2 is 1.83 bits per heavy atom. The Morgan fingerprint density at radius 3 is 2.39 bits per heavy atom. The highest BCUT2D eigenvalue weighted by atomic mass is 16.3. The summed E-state index contributed by atoms with van der Waals surface area (Å²) in [6.45, 7) is 1.85. The Labute approximate surface area is 107 Å². The molecule has 1 aromatic heterocycles. The number of H-pyrrole nitrogens is 1. The fraction of sp³-hybridized carbons (Fsp3) is 0.714. The molecule has 1 aliphatic carbocycles. The molecule has 0 aromatic carbocycles. The molecule has 100 valence electrons. The van der Waals surface area contributed by atoms with E-state index in [1.54, 1.807) is 0 Å². The first-order valence-electron chi connectivity index (χ1n) is 7.04. The van der Waals surface area contributed by atoms with Gasteiger partial charge in [0, 0.05) is 5.92 Å². The molecule has 0 atom stereocenters. The molecule has 0 bridgehead atoms. The van der Waals surface area contributed by atoms with Crippen LogP contribution in [-0.4, -0.2) is 15.1 Å². The summed E-state index contributed by atoms with van der Waals surface area (Å²) in [5.74, 6) is 0.893. The first-order valence-corrected chi connectivity index (χ1v) is 7.04. The molecule has 0 saturated heterocycles. The van der Waals surface area contributed by atoms with E-state index in [0.717, 1.165) is 12.8 Å². The van der Waals surface area contributed by atoms with Gasteiger partial charge in [-0.15, -0.1) is 0 Å². The predicted octanol–water partition coefficient (Wildman–Crippen LogP) is 2.87. The third kappa shape index (κ3) is 2.92. The van der Waals surface area contributed by atoms with Crippen LogP contribution in [0.25, 0.3) is 0 Å². The van der Waals surface area contributed by atoms with Crippen LogP contribution in [0.4, 0.5) is 0 Å². The lowest BCUT2D eigenvalue weighted by molar-refractivity contribution is 0.414. The van der Waals surface area contributed by atoms with Crippen LogP contribution in [0.5, 0.6) is 5.88 Å². The second kappa shape index (κ2) is 6.03. The number of rotatable bonds is 2. The zero-order chi connectivity index (χ0) is 13.0. The number of aromatic nitrogens is 2. The summed E-state index contributed by atoms with van der Waals surface area (Å²) in [6.07, 6.45) is 8.85. The minimum Gasteiger partial charge on any atom is -0.493 e. The van der Waals surface area contributed by atoms with Gasteiger partial charge in [0.15, 0.2) is 0 Å². The molecule has 1 aromatic rings. The maximum absolute atomic E-state index is 11.8. The molecule has 0 amide bonds. The maximum atomic E-state index is 11.8. The monoisotopic (exact) mass is 250 g/mol. The average molecular weight is 250 g/mol. The maximum Gasteiger partial charge on any atom is 0.257 e. The van der Waals surface area contributed by atoms with Crippen LogP contribution < -0.4 is 5.56 Å². The van der Waals surface area contributed by atoms with Gasteiger partial charge in [-0.25, -0.2) is 0 Å². The van der Waals surface area contributed by atoms with Crippen LogP contribution in [-0.2, 0) is 6.42 Å². The van der Waals surface area contributed by atoms with Crippen molar-refractivity contribution in [3.05, 3.63) is 21.7 Å². The second-order valence-corrected chi connectivity index (χ2v) is 5.15. The van der Waals surface area contributed by atoms with Gasteiger partial charge < -0.3 is 10.1 Å². The summed E-state index contributed by atoms with van der Waals surface area (Å²) < 4.78 is 0. The fourth-order valence-electron chi connectivity index (χ4n) is 2.74. The molecule has 2 rings (SSSR count). The van der Waals surface area contributed by atoms with E-state index in [1.165, 1.54) is 32.1 Å². The van der Waals surface area contributed by atoms with Crippen LogP contribution in [0.2, 0.25) is 0 Å². The van der Waals surface area contributed by atoms with E-state index in [-0.39, 0.29) is 11.4 Å². The van der Waals surface area contributed by atoms with Gasteiger partial charge in [-0.1, -0.05) is 39.0 Å². The Kier molecular flexibility index (Phi) is 4.39. The third-order valence-electron chi connectivity index (χ3n) is 3.86. The molecular weight excluding hydrogens is 228 g/mol. The van der Waals surface area contributed by atoms with E-state index < -0.39 is 0 Å². The van der Waals surface area contributed by atoms with Gasteiger partial charge in [0.25, 0.3) is 5.56 Å². The molecule has 0 radical (unpaired) electrons. The summed E-state index contributed by atoms with van der Waals surface area (Å²) in [5, 5.41) is 9.80. The number of hydrogen-bond acceptors (Lipinski definition) is 3. The van der Waals surface area contributed by atoms with Crippen molar-refractivity contribution < 1.29 is 5.11 Å². The standard InChI is InChI=1S/C14H22N2O2/c1-2-11-13(17)15-12(16-14(11)18)10-8-6-4-3-5-7-9-10/h10H,2-9H2,1H3,(H2,15,16,17,18). The van der Waals surface area contributed by atoms with Gasteiger partial charge in [0.05, 0.1) is 5.56 Å². The first kappa shape index (κ1) is 13.1. The highest BCUT2D eigenvalue weighted by Crippen LogP contribution is 2.29. The van der Waals surface area contributed by atoms with Gasteiger partial charge in [-0.3, -0.25) is 4.79 Å². The van der Waals surface area contributed by atoms with Crippen LogP contribution in [0.15, 0.2) is 4.79 Å². The predicted molar refractivity (Wildman–Crippen MR) is 71.0 cm³/mol. The van der Waals surface area contributed by atoms with Crippen molar-refractivity contribution in [2.24, 2.45) is 0 Å². The molecule has 4 heteroatoms. The van der Waals surface area contributed by atoms with Crippen LogP contribution in [0.3, 0.4) is 0 Å². The minimum absolute atomic E-state index is 0.0849. The van der Waals surface area contributed by atoms with Crippen molar-refractivity contribution in [3.63, 3.8) is 0 Å². The first-order chi connectivity index (χ1) is 8.72. The molecule has 2 N–H and O–H groups in total. The largest absolute Gasteiger partial charge is 0.493 e. The van der Waals surface area contributed by atoms with E-state index in [9.17, 15) is 9.90 Å². The molecule has 1 saturated carbocycles. The summed E-state index contributed by atoms with van der Waals surface area (Å²) >= 11 is 0. The highest BCUT2D eigenvalue weighted by molar-refractivity contribution is 5.23. The van der Waals surface area contributed by atoms with Crippen molar-refractivity contribution in [2.45, 2.75) is 64.2 Å². The van der Waals surface area contributed by atoms with Crippen molar-refractivity contribution in [2.75, 3.05) is 0 Å². The molecule has 0 aliphatic heterocycles. The van der Waals surface area contributed by atoms with Gasteiger partial charge in [-0.2, -0.15) is 4.98 Å². The SMILES string of the molecule is CCc1c(O)nc(C2CCCCCCC2)[nH]c1=O. The molecule has 4 nitrogen and oxygen atoms in total. The minimum atomic E-state index is -0.179. The summed E-state index contributed by atoms with van der Waals surface area (Å²) in [7, 11) is 0. The number of nitrogens with one attached hydrogen (secondary N) is 1. The summed E-state index contributed by atoms with van der Waals surface area (Å²) in [4.78, 5) is 18.9. The lowest BCUT2D eigenvalue weighted by atomic mass is 9.90. The molecule has 0 unspecified atom stereocenters. The molecule has 1 heterocycles. The molecule has 1 fully saturated rings. The zero-order valence-corrected chi connectivity index (χ0v) is 11.0. The molecule has 1 aliphatic rings. The summed E-state index contributed by atoms with van der Waals surface area (Å²) in [6, 6.07) is 0. The number of nitrogens with zero attached hydrogens (tertiary/aromatic N) is 1. The van der Waals surface area contributed by atoms with E-state index in [4.69, 9.17) is 0 Å². The number of hydrogen-bond donors (Lipinski definition) is 2. The highest BCUT2D eigenvalue weighted by Gasteiger charge is 2.18. The lowest BCUT2D eigenvalue weighted by Crippen LogP contribution is -2.19. The Morgan fingerprint density at radius 1 is 1.22 bits per heavy atom. The molecular formula is C14H22N2O2. The Hall–Kier alpha value is -1.32. The number of aromatic hydroxyl groups is 1. The molecule has 18 heavy (non-hydrogen) atoms. The van der Waals surface area contributed by atoms with Crippen LogP contribution >= 0.6 is 0 Å². The third-order valence-corrected chi connectivity index (χ3v) is 3.86. The summed E-state index contributed by atoms with van der Waals surface area (Å²) in [5.41, 5.74) is 0.214. The van der Waals surface area contributed by atoms with E-state index >= 15 is 0 Å². The van der Waals surface area contributed by atoms with Crippen LogP contribution in [0, 0.1) is 0 Å². The smallest absolute Gasteiger partial charge is 0.257 e. The topological polar surface area (TPSA) is 66.0 Å². The van der Waals surface area contributed by atoms with Gasteiger partial charge in [0.1, 0.15) is 5.82 Å². The normalized spacial score (nSPS) is 18.3. The Balaban J connectivity index is 2.23. The number of aromatic amines is 1. The van der Waals surface area contributed by atoms with E-state index in [0.29, 0.717) is 23.7 Å². The van der Waals surface area contributed by atoms with Gasteiger partial charge in [-0.05, 0) is 19.3 Å². The van der Waals surface area contributed by atoms with Crippen molar-refractivity contribution in [1.29, 1.82) is 0 Å². The molecule has 0 spiro atoms.